The quantitative estimate of drug-likeness (QED) is 0.669. The Labute approximate surface area is 151 Å². The first-order valence-electron chi connectivity index (χ1n) is 8.37. The topological polar surface area (TPSA) is 82.9 Å². The number of aromatic amines is 1. The summed E-state index contributed by atoms with van der Waals surface area (Å²) in [7, 11) is 0. The van der Waals surface area contributed by atoms with Crippen molar-refractivity contribution in [2.45, 2.75) is 18.9 Å². The van der Waals surface area contributed by atoms with Crippen molar-refractivity contribution in [3.05, 3.63) is 47.5 Å². The van der Waals surface area contributed by atoms with Crippen molar-refractivity contribution in [2.24, 2.45) is 5.73 Å². The Morgan fingerprint density at radius 1 is 1.36 bits per heavy atom. The van der Waals surface area contributed by atoms with Crippen molar-refractivity contribution in [2.75, 3.05) is 29.9 Å². The Hall–Kier alpha value is -2.31. The number of aromatic nitrogens is 3. The molecule has 1 fully saturated rings. The molecule has 0 saturated carbocycles. The molecule has 0 spiro atoms. The molecule has 0 radical (unpaired) electrons. The molecular formula is C18H21ClN6. The second-order valence-corrected chi connectivity index (χ2v) is 7.12. The zero-order chi connectivity index (χ0) is 17.4. The highest BCUT2D eigenvalue weighted by molar-refractivity contribution is 6.36. The fourth-order valence-electron chi connectivity index (χ4n) is 3.45. The number of H-pyrrole nitrogens is 1. The van der Waals surface area contributed by atoms with Crippen molar-refractivity contribution < 1.29 is 0 Å². The number of halogens is 1. The van der Waals surface area contributed by atoms with Crippen LogP contribution in [0.4, 0.5) is 11.4 Å². The first-order chi connectivity index (χ1) is 12.1. The minimum absolute atomic E-state index is 0.305. The molecule has 3 aromatic heterocycles. The average Bonchev–Trinajstić information content (AvgIpc) is 3.18. The van der Waals surface area contributed by atoms with Crippen LogP contribution in [0.1, 0.15) is 12.1 Å². The molecule has 6 nitrogen and oxygen atoms in total. The summed E-state index contributed by atoms with van der Waals surface area (Å²) in [6.45, 7) is 4.35. The van der Waals surface area contributed by atoms with Crippen molar-refractivity contribution in [1.82, 2.24) is 15.0 Å². The molecule has 1 atom stereocenters. The molecule has 0 amide bonds. The van der Waals surface area contributed by atoms with E-state index >= 15 is 0 Å². The zero-order valence-electron chi connectivity index (χ0n) is 14.1. The first-order valence-corrected chi connectivity index (χ1v) is 8.74. The van der Waals surface area contributed by atoms with Gasteiger partial charge in [-0.05, 0) is 31.5 Å². The number of hydrogen-bond donors (Lipinski definition) is 3. The summed E-state index contributed by atoms with van der Waals surface area (Å²) in [6, 6.07) is 5.97. The summed E-state index contributed by atoms with van der Waals surface area (Å²) in [5.74, 6) is 0. The molecule has 0 unspecified atom stereocenters. The molecule has 4 heterocycles. The maximum atomic E-state index is 6.66. The molecule has 1 saturated heterocycles. The Morgan fingerprint density at radius 2 is 2.24 bits per heavy atom. The fraction of sp³-hybridized carbons (Fsp3) is 0.333. The van der Waals surface area contributed by atoms with E-state index in [4.69, 9.17) is 17.3 Å². The predicted molar refractivity (Wildman–Crippen MR) is 102 cm³/mol. The predicted octanol–water partition coefficient (Wildman–Crippen LogP) is 2.94. The molecule has 25 heavy (non-hydrogen) atoms. The number of aryl methyl sites for hydroxylation is 1. The van der Waals surface area contributed by atoms with Crippen LogP contribution in [0.2, 0.25) is 5.02 Å². The lowest BCUT2D eigenvalue weighted by Crippen LogP contribution is -2.48. The van der Waals surface area contributed by atoms with Gasteiger partial charge in [0.2, 0.25) is 0 Å². The highest BCUT2D eigenvalue weighted by Gasteiger charge is 2.35. The van der Waals surface area contributed by atoms with Crippen LogP contribution in [0.5, 0.6) is 0 Å². The van der Waals surface area contributed by atoms with Crippen molar-refractivity contribution in [3.8, 4) is 0 Å². The number of pyridine rings is 2. The van der Waals surface area contributed by atoms with E-state index in [9.17, 15) is 0 Å². The smallest absolute Gasteiger partial charge is 0.140 e. The normalized spacial score (nSPS) is 20.4. The van der Waals surface area contributed by atoms with Crippen molar-refractivity contribution in [3.63, 3.8) is 0 Å². The Balaban J connectivity index is 1.52. The van der Waals surface area contributed by atoms with Gasteiger partial charge in [0.25, 0.3) is 0 Å². The van der Waals surface area contributed by atoms with E-state index < -0.39 is 0 Å². The third kappa shape index (κ3) is 3.03. The van der Waals surface area contributed by atoms with Gasteiger partial charge in [-0.1, -0.05) is 11.6 Å². The summed E-state index contributed by atoms with van der Waals surface area (Å²) in [5.41, 5.74) is 10.3. The molecule has 1 aliphatic rings. The highest BCUT2D eigenvalue weighted by Crippen LogP contribution is 2.34. The molecule has 7 heteroatoms. The summed E-state index contributed by atoms with van der Waals surface area (Å²) in [4.78, 5) is 14.0. The lowest BCUT2D eigenvalue weighted by atomic mass is 10.00. The van der Waals surface area contributed by atoms with Crippen molar-refractivity contribution in [1.29, 1.82) is 0 Å². The van der Waals surface area contributed by atoms with E-state index in [-0.39, 0.29) is 5.54 Å². The second-order valence-electron chi connectivity index (χ2n) is 6.71. The summed E-state index contributed by atoms with van der Waals surface area (Å²) < 4.78 is 0. The van der Waals surface area contributed by atoms with E-state index in [1.54, 1.807) is 18.6 Å². The van der Waals surface area contributed by atoms with E-state index in [1.165, 1.54) is 0 Å². The molecule has 3 aromatic rings. The number of nitrogens with one attached hydrogen (secondary N) is 2. The Kier molecular flexibility index (Phi) is 4.01. The SMILES string of the molecule is Cc1ncccc1NC[C@@]1(N)CCN(c2ccnc3[nH]cc(Cl)c23)C1. The second kappa shape index (κ2) is 6.20. The molecule has 4 rings (SSSR count). The first kappa shape index (κ1) is 16.2. The van der Waals surface area contributed by atoms with Gasteiger partial charge >= 0.3 is 0 Å². The number of fused-ring (bicyclic) bond motifs is 1. The molecule has 0 aromatic carbocycles. The third-order valence-corrected chi connectivity index (χ3v) is 5.17. The van der Waals surface area contributed by atoms with Gasteiger partial charge in [-0.15, -0.1) is 0 Å². The van der Waals surface area contributed by atoms with Crippen LogP contribution >= 0.6 is 11.6 Å². The minimum atomic E-state index is -0.305. The molecule has 0 aliphatic carbocycles. The van der Waals surface area contributed by atoms with Gasteiger partial charge in [0.15, 0.2) is 0 Å². The Bertz CT molecular complexity index is 907. The van der Waals surface area contributed by atoms with Gasteiger partial charge in [-0.2, -0.15) is 0 Å². The lowest BCUT2D eigenvalue weighted by molar-refractivity contribution is 0.499. The molecule has 130 valence electrons. The molecular weight excluding hydrogens is 336 g/mol. The fourth-order valence-corrected chi connectivity index (χ4v) is 3.69. The van der Waals surface area contributed by atoms with Crippen LogP contribution in [0.25, 0.3) is 11.0 Å². The van der Waals surface area contributed by atoms with Gasteiger partial charge in [0.1, 0.15) is 5.65 Å². The molecule has 0 bridgehead atoms. The summed E-state index contributed by atoms with van der Waals surface area (Å²) >= 11 is 6.34. The number of rotatable bonds is 4. The monoisotopic (exact) mass is 356 g/mol. The maximum Gasteiger partial charge on any atom is 0.140 e. The van der Waals surface area contributed by atoms with E-state index in [0.717, 1.165) is 47.6 Å². The van der Waals surface area contributed by atoms with Crippen LogP contribution in [0.15, 0.2) is 36.8 Å². The van der Waals surface area contributed by atoms with Gasteiger partial charge in [0.05, 0.1) is 33.0 Å². The van der Waals surface area contributed by atoms with Crippen LogP contribution < -0.4 is 16.0 Å². The van der Waals surface area contributed by atoms with Crippen molar-refractivity contribution >= 4 is 34.0 Å². The van der Waals surface area contributed by atoms with Gasteiger partial charge in [-0.25, -0.2) is 4.98 Å². The van der Waals surface area contributed by atoms with Crippen LogP contribution in [-0.4, -0.2) is 40.1 Å². The summed E-state index contributed by atoms with van der Waals surface area (Å²) in [6.07, 6.45) is 6.29. The molecule has 4 N–H and O–H groups in total. The average molecular weight is 357 g/mol. The maximum absolute atomic E-state index is 6.66. The number of nitrogens with zero attached hydrogens (tertiary/aromatic N) is 3. The standard InChI is InChI=1S/C18H21ClN6/c1-12-14(3-2-6-21-12)24-10-18(20)5-8-25(11-18)15-4-7-22-17-16(15)13(19)9-23-17/h2-4,6-7,9,24H,5,8,10-11,20H2,1H3,(H,22,23)/t18-/m0/s1. The lowest BCUT2D eigenvalue weighted by Gasteiger charge is -2.27. The van der Waals surface area contributed by atoms with E-state index in [1.807, 2.05) is 25.1 Å². The van der Waals surface area contributed by atoms with Gasteiger partial charge < -0.3 is 20.9 Å². The Morgan fingerprint density at radius 3 is 3.08 bits per heavy atom. The van der Waals surface area contributed by atoms with E-state index in [2.05, 4.69) is 25.2 Å². The van der Waals surface area contributed by atoms with Crippen LogP contribution in [-0.2, 0) is 0 Å². The largest absolute Gasteiger partial charge is 0.382 e. The molecule has 1 aliphatic heterocycles. The van der Waals surface area contributed by atoms with Gasteiger partial charge in [0, 0.05) is 38.2 Å². The highest BCUT2D eigenvalue weighted by atomic mass is 35.5. The number of hydrogen-bond acceptors (Lipinski definition) is 5. The van der Waals surface area contributed by atoms with E-state index in [0.29, 0.717) is 11.6 Å². The summed E-state index contributed by atoms with van der Waals surface area (Å²) in [5, 5.41) is 5.11. The van der Waals surface area contributed by atoms with Crippen LogP contribution in [0.3, 0.4) is 0 Å². The number of nitrogens with two attached hydrogens (primary N) is 1. The number of anilines is 2. The minimum Gasteiger partial charge on any atom is -0.382 e. The van der Waals surface area contributed by atoms with Crippen LogP contribution in [0, 0.1) is 6.92 Å². The third-order valence-electron chi connectivity index (χ3n) is 4.87. The zero-order valence-corrected chi connectivity index (χ0v) is 14.8. The van der Waals surface area contributed by atoms with Gasteiger partial charge in [-0.3, -0.25) is 4.98 Å².